The summed E-state index contributed by atoms with van der Waals surface area (Å²) in [6.45, 7) is 1.58. The second kappa shape index (κ2) is 5.59. The summed E-state index contributed by atoms with van der Waals surface area (Å²) in [5.74, 6) is -0.396. The molecule has 0 atom stereocenters. The lowest BCUT2D eigenvalue weighted by Crippen LogP contribution is -2.05. The van der Waals surface area contributed by atoms with Gasteiger partial charge < -0.3 is 10.1 Å². The Morgan fingerprint density at radius 1 is 1.50 bits per heavy atom. The second-order valence-electron chi connectivity index (χ2n) is 3.54. The highest BCUT2D eigenvalue weighted by molar-refractivity contribution is 7.13. The number of carbonyl (C=O) groups is 1. The van der Waals surface area contributed by atoms with Crippen molar-refractivity contribution in [3.8, 4) is 5.75 Å². The molecule has 1 heterocycles. The quantitative estimate of drug-likeness (QED) is 0.925. The molecular formula is C12H11FN2O2S. The maximum atomic E-state index is 13.3. The number of halogens is 1. The van der Waals surface area contributed by atoms with E-state index in [1.165, 1.54) is 24.3 Å². The lowest BCUT2D eigenvalue weighted by Gasteiger charge is -2.04. The normalized spacial score (nSPS) is 10.1. The van der Waals surface area contributed by atoms with Gasteiger partial charge in [-0.05, 0) is 12.1 Å². The van der Waals surface area contributed by atoms with Crippen LogP contribution in [0.15, 0.2) is 29.6 Å². The van der Waals surface area contributed by atoms with Gasteiger partial charge in [0.05, 0.1) is 5.69 Å². The largest absolute Gasteiger partial charge is 0.484 e. The molecule has 2 aromatic rings. The molecule has 0 aliphatic rings. The molecular weight excluding hydrogens is 255 g/mol. The number of anilines is 1. The lowest BCUT2D eigenvalue weighted by atomic mass is 10.3. The highest BCUT2D eigenvalue weighted by Gasteiger charge is 2.06. The van der Waals surface area contributed by atoms with Crippen molar-refractivity contribution in [3.05, 3.63) is 41.2 Å². The molecule has 0 aliphatic heterocycles. The van der Waals surface area contributed by atoms with Crippen molar-refractivity contribution in [2.45, 2.75) is 13.5 Å². The van der Waals surface area contributed by atoms with Gasteiger partial charge >= 0.3 is 0 Å². The number of aromatic nitrogens is 1. The number of thiazole rings is 1. The minimum Gasteiger partial charge on any atom is -0.484 e. The van der Waals surface area contributed by atoms with Gasteiger partial charge in [0.1, 0.15) is 6.61 Å². The molecule has 0 aliphatic carbocycles. The molecule has 0 unspecified atom stereocenters. The number of para-hydroxylation sites is 1. The van der Waals surface area contributed by atoms with Crippen molar-refractivity contribution in [1.82, 2.24) is 4.98 Å². The van der Waals surface area contributed by atoms with Crippen LogP contribution in [0.3, 0.4) is 0 Å². The Morgan fingerprint density at radius 3 is 3.00 bits per heavy atom. The van der Waals surface area contributed by atoms with Crippen LogP contribution in [0.1, 0.15) is 12.6 Å². The molecule has 1 amide bonds. The zero-order chi connectivity index (χ0) is 13.0. The van der Waals surface area contributed by atoms with E-state index < -0.39 is 5.82 Å². The van der Waals surface area contributed by atoms with E-state index in [-0.39, 0.29) is 18.3 Å². The molecule has 4 nitrogen and oxygen atoms in total. The summed E-state index contributed by atoms with van der Waals surface area (Å²) in [4.78, 5) is 15.0. The van der Waals surface area contributed by atoms with Gasteiger partial charge in [0.25, 0.3) is 0 Å². The summed E-state index contributed by atoms with van der Waals surface area (Å²) in [5, 5.41) is 4.84. The Hall–Kier alpha value is -1.95. The van der Waals surface area contributed by atoms with Gasteiger partial charge in [-0.1, -0.05) is 12.1 Å². The second-order valence-corrected chi connectivity index (χ2v) is 4.40. The van der Waals surface area contributed by atoms with Crippen molar-refractivity contribution < 1.29 is 13.9 Å². The third-order valence-electron chi connectivity index (χ3n) is 2.05. The average Bonchev–Trinajstić information content (AvgIpc) is 2.75. The Labute approximate surface area is 107 Å². The molecule has 0 spiro atoms. The number of hydrogen-bond donors (Lipinski definition) is 1. The van der Waals surface area contributed by atoms with Gasteiger partial charge in [-0.2, -0.15) is 0 Å². The number of amides is 1. The van der Waals surface area contributed by atoms with Crippen LogP contribution in [0.2, 0.25) is 0 Å². The predicted octanol–water partition coefficient (Wildman–Crippen LogP) is 2.82. The van der Waals surface area contributed by atoms with E-state index in [1.807, 2.05) is 0 Å². The lowest BCUT2D eigenvalue weighted by molar-refractivity contribution is -0.114. The number of hydrogen-bond acceptors (Lipinski definition) is 4. The maximum Gasteiger partial charge on any atom is 0.223 e. The first-order valence-electron chi connectivity index (χ1n) is 5.24. The number of nitrogens with one attached hydrogen (secondary N) is 1. The first-order chi connectivity index (χ1) is 8.65. The summed E-state index contributed by atoms with van der Waals surface area (Å²) < 4.78 is 18.6. The van der Waals surface area contributed by atoms with E-state index in [2.05, 4.69) is 10.3 Å². The zero-order valence-electron chi connectivity index (χ0n) is 9.64. The van der Waals surface area contributed by atoms with Crippen molar-refractivity contribution in [2.75, 3.05) is 5.32 Å². The number of ether oxygens (including phenoxy) is 1. The van der Waals surface area contributed by atoms with Crippen LogP contribution in [0.5, 0.6) is 5.75 Å². The Morgan fingerprint density at radius 2 is 2.28 bits per heavy atom. The van der Waals surface area contributed by atoms with Crippen molar-refractivity contribution in [3.63, 3.8) is 0 Å². The number of carbonyl (C=O) groups excluding carboxylic acids is 1. The molecule has 1 aromatic heterocycles. The van der Waals surface area contributed by atoms with Gasteiger partial charge in [-0.15, -0.1) is 11.3 Å². The van der Waals surface area contributed by atoms with Crippen LogP contribution in [-0.4, -0.2) is 10.9 Å². The summed E-state index contributed by atoms with van der Waals surface area (Å²) in [6, 6.07) is 6.18. The molecule has 0 saturated carbocycles. The van der Waals surface area contributed by atoms with Crippen LogP contribution < -0.4 is 10.1 Å². The van der Waals surface area contributed by atoms with Crippen molar-refractivity contribution in [2.24, 2.45) is 0 Å². The molecule has 0 radical (unpaired) electrons. The minimum atomic E-state index is -0.408. The van der Waals surface area contributed by atoms with Crippen molar-refractivity contribution >= 4 is 22.4 Å². The SMILES string of the molecule is CC(=O)Nc1nc(COc2ccccc2F)cs1. The third kappa shape index (κ3) is 3.27. The van der Waals surface area contributed by atoms with Crippen LogP contribution >= 0.6 is 11.3 Å². The maximum absolute atomic E-state index is 13.3. The fourth-order valence-corrected chi connectivity index (χ4v) is 2.04. The number of rotatable bonds is 4. The predicted molar refractivity (Wildman–Crippen MR) is 67.1 cm³/mol. The first-order valence-corrected chi connectivity index (χ1v) is 6.12. The number of nitrogens with zero attached hydrogens (tertiary/aromatic N) is 1. The molecule has 0 bridgehead atoms. The van der Waals surface area contributed by atoms with Gasteiger partial charge in [0, 0.05) is 12.3 Å². The number of benzene rings is 1. The Balaban J connectivity index is 1.96. The topological polar surface area (TPSA) is 51.2 Å². The highest BCUT2D eigenvalue weighted by atomic mass is 32.1. The summed E-state index contributed by atoms with van der Waals surface area (Å²) >= 11 is 1.30. The van der Waals surface area contributed by atoms with E-state index in [4.69, 9.17) is 4.74 Å². The molecule has 94 valence electrons. The average molecular weight is 266 g/mol. The smallest absolute Gasteiger partial charge is 0.223 e. The van der Waals surface area contributed by atoms with Gasteiger partial charge in [-0.3, -0.25) is 4.79 Å². The van der Waals surface area contributed by atoms with E-state index in [0.717, 1.165) is 0 Å². The van der Waals surface area contributed by atoms with Gasteiger partial charge in [0.2, 0.25) is 5.91 Å². The van der Waals surface area contributed by atoms with E-state index >= 15 is 0 Å². The third-order valence-corrected chi connectivity index (χ3v) is 2.85. The Kier molecular flexibility index (Phi) is 3.88. The molecule has 0 fully saturated rings. The fraction of sp³-hybridized carbons (Fsp3) is 0.167. The summed E-state index contributed by atoms with van der Waals surface area (Å²) in [7, 11) is 0. The molecule has 2 rings (SSSR count). The molecule has 18 heavy (non-hydrogen) atoms. The molecule has 6 heteroatoms. The standard InChI is InChI=1S/C12H11FN2O2S/c1-8(16)14-12-15-9(7-18-12)6-17-11-5-3-2-4-10(11)13/h2-5,7H,6H2,1H3,(H,14,15,16). The molecule has 1 aromatic carbocycles. The van der Waals surface area contributed by atoms with E-state index in [9.17, 15) is 9.18 Å². The first kappa shape index (κ1) is 12.5. The fourth-order valence-electron chi connectivity index (χ4n) is 1.29. The zero-order valence-corrected chi connectivity index (χ0v) is 10.5. The van der Waals surface area contributed by atoms with E-state index in [1.54, 1.807) is 23.6 Å². The molecule has 1 N–H and O–H groups in total. The van der Waals surface area contributed by atoms with Gasteiger partial charge in [0.15, 0.2) is 16.7 Å². The van der Waals surface area contributed by atoms with Crippen LogP contribution in [-0.2, 0) is 11.4 Å². The van der Waals surface area contributed by atoms with Crippen LogP contribution in [0, 0.1) is 5.82 Å². The summed E-state index contributed by atoms with van der Waals surface area (Å²) in [5.41, 5.74) is 0.645. The van der Waals surface area contributed by atoms with Crippen molar-refractivity contribution in [1.29, 1.82) is 0 Å². The Bertz CT molecular complexity index is 557. The van der Waals surface area contributed by atoms with Crippen LogP contribution in [0.25, 0.3) is 0 Å². The highest BCUT2D eigenvalue weighted by Crippen LogP contribution is 2.19. The monoisotopic (exact) mass is 266 g/mol. The summed E-state index contributed by atoms with van der Waals surface area (Å²) in [6.07, 6.45) is 0. The molecule has 0 saturated heterocycles. The van der Waals surface area contributed by atoms with Gasteiger partial charge in [-0.25, -0.2) is 9.37 Å². The van der Waals surface area contributed by atoms with Crippen LogP contribution in [0.4, 0.5) is 9.52 Å². The van der Waals surface area contributed by atoms with E-state index in [0.29, 0.717) is 10.8 Å². The minimum absolute atomic E-state index is 0.164.